The normalized spacial score (nSPS) is 17.3. The van der Waals surface area contributed by atoms with Gasteiger partial charge in [0.2, 0.25) is 5.91 Å². The Morgan fingerprint density at radius 1 is 1.18 bits per heavy atom. The zero-order chi connectivity index (χ0) is 23.8. The molecule has 3 aromatic rings. The lowest BCUT2D eigenvalue weighted by atomic mass is 9.85. The molecule has 2 heterocycles. The molecular formula is C25H31N5O3. The average Bonchev–Trinajstić information content (AvgIpc) is 3.36. The highest BCUT2D eigenvalue weighted by molar-refractivity contribution is 6.06. The van der Waals surface area contributed by atoms with Crippen molar-refractivity contribution in [3.8, 4) is 0 Å². The molecule has 4 N–H and O–H groups in total. The molecule has 8 heteroatoms. The van der Waals surface area contributed by atoms with Crippen LogP contribution >= 0.6 is 0 Å². The molecule has 0 saturated carbocycles. The van der Waals surface area contributed by atoms with Crippen LogP contribution in [0.3, 0.4) is 0 Å². The Hall–Kier alpha value is -3.39. The van der Waals surface area contributed by atoms with E-state index in [4.69, 9.17) is 5.73 Å². The van der Waals surface area contributed by atoms with E-state index in [1.807, 2.05) is 69.3 Å². The lowest BCUT2D eigenvalue weighted by molar-refractivity contribution is -0.135. The Bertz CT molecular complexity index is 1160. The number of hydrogen-bond donors (Lipinski definition) is 3. The standard InChI is InChI=1S/C25H31N5O3/c1-25(2,3)22(24(33)29-13-12-18(31)15-29)27-23(32)21-19-6-4-5-7-20(19)30(28-21)14-16-8-10-17(26)11-9-16/h4-11,18,22,31H,12-15,26H2,1-3H3,(H,27,32). The Balaban J connectivity index is 1.62. The number of benzene rings is 2. The van der Waals surface area contributed by atoms with Crippen LogP contribution in [-0.2, 0) is 11.3 Å². The van der Waals surface area contributed by atoms with Crippen LogP contribution < -0.4 is 11.1 Å². The third-order valence-corrected chi connectivity index (χ3v) is 6.05. The third-order valence-electron chi connectivity index (χ3n) is 6.05. The number of nitrogens with one attached hydrogen (secondary N) is 1. The SMILES string of the molecule is CC(C)(C)C(NC(=O)c1nn(Cc2ccc(N)cc2)c2ccccc12)C(=O)N1CCC(O)C1. The Morgan fingerprint density at radius 2 is 1.88 bits per heavy atom. The molecule has 1 aliphatic rings. The first-order valence-electron chi connectivity index (χ1n) is 11.2. The van der Waals surface area contributed by atoms with Crippen LogP contribution in [0.25, 0.3) is 10.9 Å². The summed E-state index contributed by atoms with van der Waals surface area (Å²) in [6.07, 6.45) is 0.0368. The van der Waals surface area contributed by atoms with Crippen LogP contribution in [0.1, 0.15) is 43.2 Å². The summed E-state index contributed by atoms with van der Waals surface area (Å²) in [4.78, 5) is 28.2. The van der Waals surface area contributed by atoms with Crippen LogP contribution in [0.15, 0.2) is 48.5 Å². The van der Waals surface area contributed by atoms with Crippen molar-refractivity contribution in [1.82, 2.24) is 20.0 Å². The van der Waals surface area contributed by atoms with Gasteiger partial charge >= 0.3 is 0 Å². The number of likely N-dealkylation sites (tertiary alicyclic amines) is 1. The van der Waals surface area contributed by atoms with Gasteiger partial charge in [0.25, 0.3) is 5.91 Å². The number of carbonyl (C=O) groups is 2. The summed E-state index contributed by atoms with van der Waals surface area (Å²) in [6, 6.07) is 14.4. The molecular weight excluding hydrogens is 418 g/mol. The molecule has 2 aromatic carbocycles. The maximum absolute atomic E-state index is 13.4. The van der Waals surface area contributed by atoms with Crippen molar-refractivity contribution < 1.29 is 14.7 Å². The molecule has 2 unspecified atom stereocenters. The number of rotatable bonds is 5. The summed E-state index contributed by atoms with van der Waals surface area (Å²) < 4.78 is 1.79. The fourth-order valence-corrected chi connectivity index (χ4v) is 4.18. The molecule has 2 atom stereocenters. The van der Waals surface area contributed by atoms with Crippen LogP contribution in [0, 0.1) is 5.41 Å². The first-order valence-corrected chi connectivity index (χ1v) is 11.2. The van der Waals surface area contributed by atoms with E-state index >= 15 is 0 Å². The Morgan fingerprint density at radius 3 is 2.52 bits per heavy atom. The molecule has 33 heavy (non-hydrogen) atoms. The van der Waals surface area contributed by atoms with Crippen molar-refractivity contribution in [1.29, 1.82) is 0 Å². The lowest BCUT2D eigenvalue weighted by Crippen LogP contribution is -2.54. The van der Waals surface area contributed by atoms with Crippen LogP contribution in [0.5, 0.6) is 0 Å². The Labute approximate surface area is 193 Å². The number of fused-ring (bicyclic) bond motifs is 1. The first kappa shape index (κ1) is 22.8. The maximum atomic E-state index is 13.4. The molecule has 0 aliphatic carbocycles. The molecule has 4 rings (SSSR count). The summed E-state index contributed by atoms with van der Waals surface area (Å²) in [6.45, 7) is 7.02. The number of amides is 2. The number of para-hydroxylation sites is 1. The second-order valence-electron chi connectivity index (χ2n) is 9.76. The molecule has 1 fully saturated rings. The molecule has 8 nitrogen and oxygen atoms in total. The predicted octanol–water partition coefficient (Wildman–Crippen LogP) is 2.40. The van der Waals surface area contributed by atoms with Crippen LogP contribution in [-0.4, -0.2) is 56.8 Å². The second kappa shape index (κ2) is 8.86. The number of β-amino-alcohol motifs (C(OH)–C–C–N with tert-alkyl or cyclic N) is 1. The quantitative estimate of drug-likeness (QED) is 0.518. The third kappa shape index (κ3) is 4.85. The summed E-state index contributed by atoms with van der Waals surface area (Å²) in [5.41, 5.74) is 8.10. The number of anilines is 1. The van der Waals surface area contributed by atoms with E-state index < -0.39 is 23.5 Å². The van der Waals surface area contributed by atoms with E-state index in [-0.39, 0.29) is 11.6 Å². The van der Waals surface area contributed by atoms with E-state index in [9.17, 15) is 14.7 Å². The van der Waals surface area contributed by atoms with Crippen molar-refractivity contribution in [3.05, 3.63) is 59.8 Å². The molecule has 0 spiro atoms. The maximum Gasteiger partial charge on any atom is 0.273 e. The predicted molar refractivity (Wildman–Crippen MR) is 128 cm³/mol. The summed E-state index contributed by atoms with van der Waals surface area (Å²) in [7, 11) is 0. The highest BCUT2D eigenvalue weighted by Crippen LogP contribution is 2.25. The first-order chi connectivity index (χ1) is 15.6. The van der Waals surface area contributed by atoms with Gasteiger partial charge in [-0.3, -0.25) is 14.3 Å². The fourth-order valence-electron chi connectivity index (χ4n) is 4.18. The van der Waals surface area contributed by atoms with Crippen molar-refractivity contribution >= 4 is 28.4 Å². The van der Waals surface area contributed by atoms with Crippen LogP contribution in [0.4, 0.5) is 5.69 Å². The topological polar surface area (TPSA) is 113 Å². The summed E-state index contributed by atoms with van der Waals surface area (Å²) in [5.74, 6) is -0.576. The molecule has 174 valence electrons. The van der Waals surface area contributed by atoms with E-state index in [0.29, 0.717) is 31.7 Å². The zero-order valence-electron chi connectivity index (χ0n) is 19.3. The molecule has 2 amide bonds. The number of aliphatic hydroxyl groups is 1. The summed E-state index contributed by atoms with van der Waals surface area (Å²) >= 11 is 0. The second-order valence-corrected chi connectivity index (χ2v) is 9.76. The van der Waals surface area contributed by atoms with Crippen LogP contribution in [0.2, 0.25) is 0 Å². The largest absolute Gasteiger partial charge is 0.399 e. The van der Waals surface area contributed by atoms with Gasteiger partial charge in [0, 0.05) is 24.2 Å². The number of nitrogens with two attached hydrogens (primary N) is 1. The van der Waals surface area contributed by atoms with Gasteiger partial charge in [0.05, 0.1) is 18.2 Å². The van der Waals surface area contributed by atoms with Gasteiger partial charge in [0.1, 0.15) is 6.04 Å². The molecule has 0 bridgehead atoms. The smallest absolute Gasteiger partial charge is 0.273 e. The van der Waals surface area contributed by atoms with Gasteiger partial charge in [0.15, 0.2) is 5.69 Å². The lowest BCUT2D eigenvalue weighted by Gasteiger charge is -2.33. The molecule has 1 saturated heterocycles. The zero-order valence-corrected chi connectivity index (χ0v) is 19.3. The number of aliphatic hydroxyl groups excluding tert-OH is 1. The Kier molecular flexibility index (Phi) is 6.12. The minimum absolute atomic E-state index is 0.182. The highest BCUT2D eigenvalue weighted by Gasteiger charge is 2.38. The van der Waals surface area contributed by atoms with Crippen molar-refractivity contribution in [2.24, 2.45) is 5.41 Å². The van der Waals surface area contributed by atoms with Gasteiger partial charge in [-0.1, -0.05) is 51.1 Å². The number of nitrogens with zero attached hydrogens (tertiary/aromatic N) is 3. The van der Waals surface area contributed by atoms with E-state index in [1.54, 1.807) is 9.58 Å². The van der Waals surface area contributed by atoms with Crippen molar-refractivity contribution in [2.75, 3.05) is 18.8 Å². The fraction of sp³-hybridized carbons (Fsp3) is 0.400. The van der Waals surface area contributed by atoms with Crippen molar-refractivity contribution in [2.45, 2.75) is 45.9 Å². The van der Waals surface area contributed by atoms with E-state index in [2.05, 4.69) is 10.4 Å². The molecule has 0 radical (unpaired) electrons. The summed E-state index contributed by atoms with van der Waals surface area (Å²) in [5, 5.41) is 18.1. The average molecular weight is 450 g/mol. The minimum Gasteiger partial charge on any atom is -0.399 e. The van der Waals surface area contributed by atoms with E-state index in [0.717, 1.165) is 16.5 Å². The van der Waals surface area contributed by atoms with Gasteiger partial charge in [-0.15, -0.1) is 0 Å². The molecule has 1 aliphatic heterocycles. The number of aromatic nitrogens is 2. The van der Waals surface area contributed by atoms with E-state index in [1.165, 1.54) is 0 Å². The molecule has 1 aromatic heterocycles. The number of carbonyl (C=O) groups excluding carboxylic acids is 2. The number of hydrogen-bond acceptors (Lipinski definition) is 5. The highest BCUT2D eigenvalue weighted by atomic mass is 16.3. The van der Waals surface area contributed by atoms with Gasteiger partial charge < -0.3 is 21.1 Å². The minimum atomic E-state index is -0.740. The van der Waals surface area contributed by atoms with Gasteiger partial charge in [-0.05, 0) is 35.6 Å². The van der Waals surface area contributed by atoms with Gasteiger partial charge in [-0.25, -0.2) is 0 Å². The van der Waals surface area contributed by atoms with Crippen molar-refractivity contribution in [3.63, 3.8) is 0 Å². The van der Waals surface area contributed by atoms with Gasteiger partial charge in [-0.2, -0.15) is 5.10 Å². The number of nitrogen functional groups attached to an aromatic ring is 1. The monoisotopic (exact) mass is 449 g/mol.